The van der Waals surface area contributed by atoms with E-state index in [0.29, 0.717) is 22.5 Å². The number of rotatable bonds is 7. The molecule has 35 heavy (non-hydrogen) atoms. The largest absolute Gasteiger partial charge is 0.376 e. The first kappa shape index (κ1) is 24.0. The van der Waals surface area contributed by atoms with E-state index in [1.165, 1.54) is 6.42 Å². The molecule has 0 unspecified atom stereocenters. The Bertz CT molecular complexity index is 1200. The topological polar surface area (TPSA) is 90.5 Å². The Morgan fingerprint density at radius 2 is 1.40 bits per heavy atom. The Morgan fingerprint density at radius 3 is 2.11 bits per heavy atom. The molecule has 0 bridgehead atoms. The van der Waals surface area contributed by atoms with Crippen LogP contribution in [0.5, 0.6) is 0 Å². The molecule has 4 rings (SSSR count). The summed E-state index contributed by atoms with van der Waals surface area (Å²) in [5.41, 5.74) is 4.22. The third-order valence-electron chi connectivity index (χ3n) is 5.91. The van der Waals surface area contributed by atoms with Crippen molar-refractivity contribution in [2.24, 2.45) is 0 Å². The molecule has 1 aliphatic rings. The lowest BCUT2D eigenvalue weighted by molar-refractivity contribution is -0.114. The molecule has 1 heterocycles. The average Bonchev–Trinajstić information content (AvgIpc) is 2.89. The number of nitrogens with zero attached hydrogens (tertiary/aromatic N) is 1. The zero-order valence-corrected chi connectivity index (χ0v) is 19.8. The van der Waals surface area contributed by atoms with Crippen LogP contribution in [-0.2, 0) is 4.79 Å². The summed E-state index contributed by atoms with van der Waals surface area (Å²) in [6, 6.07) is 21.6. The van der Waals surface area contributed by atoms with Gasteiger partial charge in [0.05, 0.1) is 6.54 Å². The molecule has 0 saturated carbocycles. The number of likely N-dealkylation sites (tertiary alicyclic amines) is 1. The zero-order chi connectivity index (χ0) is 24.6. The molecule has 0 aromatic heterocycles. The predicted molar refractivity (Wildman–Crippen MR) is 139 cm³/mol. The van der Waals surface area contributed by atoms with Crippen LogP contribution in [0.15, 0.2) is 72.8 Å². The fourth-order valence-electron chi connectivity index (χ4n) is 4.06. The molecule has 3 aromatic rings. The molecule has 1 saturated heterocycles. The normalized spacial score (nSPS) is 13.1. The minimum absolute atomic E-state index is 0.0346. The first-order valence-corrected chi connectivity index (χ1v) is 11.9. The molecule has 1 aliphatic heterocycles. The van der Waals surface area contributed by atoms with Gasteiger partial charge in [0.2, 0.25) is 5.91 Å². The number of amides is 3. The van der Waals surface area contributed by atoms with Gasteiger partial charge < -0.3 is 20.9 Å². The summed E-state index contributed by atoms with van der Waals surface area (Å²) in [6.07, 6.45) is 3.26. The number of benzene rings is 3. The van der Waals surface area contributed by atoms with Crippen molar-refractivity contribution in [1.82, 2.24) is 4.90 Å². The molecule has 180 valence electrons. The summed E-state index contributed by atoms with van der Waals surface area (Å²) >= 11 is 0. The highest BCUT2D eigenvalue weighted by molar-refractivity contribution is 6.04. The van der Waals surface area contributed by atoms with E-state index in [2.05, 4.69) is 16.0 Å². The third kappa shape index (κ3) is 6.69. The van der Waals surface area contributed by atoms with Gasteiger partial charge in [-0.15, -0.1) is 0 Å². The second-order valence-electron chi connectivity index (χ2n) is 8.74. The predicted octanol–water partition coefficient (Wildman–Crippen LogP) is 4.92. The van der Waals surface area contributed by atoms with Gasteiger partial charge in [0.1, 0.15) is 0 Å². The van der Waals surface area contributed by atoms with Gasteiger partial charge in [-0.05, 0) is 80.8 Å². The van der Waals surface area contributed by atoms with Crippen LogP contribution in [0.4, 0.5) is 17.1 Å². The smallest absolute Gasteiger partial charge is 0.255 e. The second-order valence-corrected chi connectivity index (χ2v) is 8.74. The van der Waals surface area contributed by atoms with E-state index in [0.717, 1.165) is 37.2 Å². The quantitative estimate of drug-likeness (QED) is 0.457. The van der Waals surface area contributed by atoms with Crippen LogP contribution in [0.25, 0.3) is 0 Å². The van der Waals surface area contributed by atoms with Crippen molar-refractivity contribution in [2.45, 2.75) is 26.2 Å². The van der Waals surface area contributed by atoms with Crippen molar-refractivity contribution in [2.75, 3.05) is 35.6 Å². The van der Waals surface area contributed by atoms with Crippen LogP contribution < -0.4 is 16.0 Å². The van der Waals surface area contributed by atoms with Crippen LogP contribution in [-0.4, -0.2) is 42.3 Å². The number of carbonyl (C=O) groups is 3. The number of aryl methyl sites for hydroxylation is 1. The van der Waals surface area contributed by atoms with Crippen LogP contribution >= 0.6 is 0 Å². The maximum Gasteiger partial charge on any atom is 0.255 e. The van der Waals surface area contributed by atoms with Gasteiger partial charge >= 0.3 is 0 Å². The lowest BCUT2D eigenvalue weighted by Gasteiger charge is -2.26. The number of anilines is 3. The third-order valence-corrected chi connectivity index (χ3v) is 5.91. The Balaban J connectivity index is 1.27. The molecule has 0 spiro atoms. The van der Waals surface area contributed by atoms with E-state index in [9.17, 15) is 14.4 Å². The average molecular weight is 471 g/mol. The number of piperidine rings is 1. The van der Waals surface area contributed by atoms with Gasteiger partial charge in [0, 0.05) is 41.3 Å². The Kier molecular flexibility index (Phi) is 7.77. The van der Waals surface area contributed by atoms with Crippen LogP contribution in [0.1, 0.15) is 45.5 Å². The van der Waals surface area contributed by atoms with E-state index in [1.807, 2.05) is 48.2 Å². The standard InChI is InChI=1S/C28H30N4O3/c1-20-7-5-8-21(17-20)27(34)31-24-13-11-23(12-14-24)30-26(33)19-29-25-10-6-9-22(18-25)28(35)32-15-3-2-4-16-32/h5-14,17-18,29H,2-4,15-16,19H2,1H3,(H,30,33)(H,31,34). The fourth-order valence-corrected chi connectivity index (χ4v) is 4.06. The number of hydrogen-bond donors (Lipinski definition) is 3. The van der Waals surface area contributed by atoms with Gasteiger partial charge in [-0.3, -0.25) is 14.4 Å². The number of hydrogen-bond acceptors (Lipinski definition) is 4. The lowest BCUT2D eigenvalue weighted by Crippen LogP contribution is -2.35. The Morgan fingerprint density at radius 1 is 0.743 bits per heavy atom. The van der Waals surface area contributed by atoms with E-state index >= 15 is 0 Å². The van der Waals surface area contributed by atoms with Crippen molar-refractivity contribution >= 4 is 34.8 Å². The summed E-state index contributed by atoms with van der Waals surface area (Å²) in [5.74, 6) is -0.364. The minimum Gasteiger partial charge on any atom is -0.376 e. The molecule has 0 atom stereocenters. The summed E-state index contributed by atoms with van der Waals surface area (Å²) in [4.78, 5) is 39.4. The SMILES string of the molecule is Cc1cccc(C(=O)Nc2ccc(NC(=O)CNc3cccc(C(=O)N4CCCCC4)c3)cc2)c1. The summed E-state index contributed by atoms with van der Waals surface area (Å²) in [5, 5.41) is 8.77. The van der Waals surface area contributed by atoms with E-state index in [-0.39, 0.29) is 24.3 Å². The molecule has 7 nitrogen and oxygen atoms in total. The Hall–Kier alpha value is -4.13. The maximum atomic E-state index is 12.7. The highest BCUT2D eigenvalue weighted by atomic mass is 16.2. The fraction of sp³-hybridized carbons (Fsp3) is 0.250. The van der Waals surface area contributed by atoms with Gasteiger partial charge in [0.25, 0.3) is 11.8 Å². The van der Waals surface area contributed by atoms with Crippen molar-refractivity contribution in [3.8, 4) is 0 Å². The zero-order valence-electron chi connectivity index (χ0n) is 19.8. The molecule has 3 amide bonds. The van der Waals surface area contributed by atoms with Gasteiger partial charge in [0.15, 0.2) is 0 Å². The maximum absolute atomic E-state index is 12.7. The summed E-state index contributed by atoms with van der Waals surface area (Å²) in [7, 11) is 0. The van der Waals surface area contributed by atoms with E-state index in [4.69, 9.17) is 0 Å². The van der Waals surface area contributed by atoms with Crippen LogP contribution in [0, 0.1) is 6.92 Å². The van der Waals surface area contributed by atoms with Crippen molar-refractivity contribution in [3.63, 3.8) is 0 Å². The summed E-state index contributed by atoms with van der Waals surface area (Å²) < 4.78 is 0. The van der Waals surface area contributed by atoms with E-state index in [1.54, 1.807) is 36.4 Å². The second kappa shape index (κ2) is 11.3. The highest BCUT2D eigenvalue weighted by Crippen LogP contribution is 2.17. The van der Waals surface area contributed by atoms with Gasteiger partial charge in [-0.1, -0.05) is 23.8 Å². The molecule has 1 fully saturated rings. The highest BCUT2D eigenvalue weighted by Gasteiger charge is 2.18. The minimum atomic E-state index is -0.214. The first-order chi connectivity index (χ1) is 17.0. The van der Waals surface area contributed by atoms with Gasteiger partial charge in [-0.25, -0.2) is 0 Å². The monoisotopic (exact) mass is 470 g/mol. The number of nitrogens with one attached hydrogen (secondary N) is 3. The molecule has 7 heteroatoms. The van der Waals surface area contributed by atoms with Crippen LogP contribution in [0.3, 0.4) is 0 Å². The summed E-state index contributed by atoms with van der Waals surface area (Å²) in [6.45, 7) is 3.60. The lowest BCUT2D eigenvalue weighted by atomic mass is 10.1. The molecule has 3 N–H and O–H groups in total. The van der Waals surface area contributed by atoms with Crippen molar-refractivity contribution < 1.29 is 14.4 Å². The molecular weight excluding hydrogens is 440 g/mol. The van der Waals surface area contributed by atoms with Crippen molar-refractivity contribution in [3.05, 3.63) is 89.5 Å². The van der Waals surface area contributed by atoms with E-state index < -0.39 is 0 Å². The van der Waals surface area contributed by atoms with Crippen molar-refractivity contribution in [1.29, 1.82) is 0 Å². The first-order valence-electron chi connectivity index (χ1n) is 11.9. The van der Waals surface area contributed by atoms with Gasteiger partial charge in [-0.2, -0.15) is 0 Å². The molecule has 0 radical (unpaired) electrons. The van der Waals surface area contributed by atoms with Crippen LogP contribution in [0.2, 0.25) is 0 Å². The molecule has 0 aliphatic carbocycles. The molecular formula is C28H30N4O3. The number of carbonyl (C=O) groups excluding carboxylic acids is 3. The molecule has 3 aromatic carbocycles. The Labute approximate surface area is 205 Å².